The molecule has 0 bridgehead atoms. The van der Waals surface area contributed by atoms with E-state index in [0.29, 0.717) is 0 Å². The maximum atomic E-state index is 4.97. The fourth-order valence-corrected chi connectivity index (χ4v) is 1.32. The Hall–Kier alpha value is -0.311. The van der Waals surface area contributed by atoms with Crippen LogP contribution in [0.25, 0.3) is 0 Å². The van der Waals surface area contributed by atoms with Gasteiger partial charge in [0.1, 0.15) is 0 Å². The summed E-state index contributed by atoms with van der Waals surface area (Å²) in [5.74, 6) is 0. The molecule has 4 heteroatoms. The molecule has 0 amide bonds. The second kappa shape index (κ2) is 3.90. The minimum atomic E-state index is 0.753. The second-order valence-corrected chi connectivity index (χ2v) is 3.14. The van der Waals surface area contributed by atoms with Crippen molar-refractivity contribution in [2.24, 2.45) is 7.05 Å². The Kier molecular flexibility index (Phi) is 3.12. The van der Waals surface area contributed by atoms with Gasteiger partial charge >= 0.3 is 73.5 Å². The molecular weight excluding hydrogens is 207 g/mol. The average Bonchev–Trinajstić information content (AvgIpc) is 2.31. The van der Waals surface area contributed by atoms with Crippen molar-refractivity contribution in [1.29, 1.82) is 0 Å². The third-order valence-electron chi connectivity index (χ3n) is 1.55. The Morgan fingerprint density at radius 2 is 2.27 bits per heavy atom. The van der Waals surface area contributed by atoms with E-state index in [1.54, 1.807) is 7.11 Å². The molecule has 0 aliphatic heterocycles. The predicted octanol–water partition coefficient (Wildman–Crippen LogP) is 0.173. The van der Waals surface area contributed by atoms with Gasteiger partial charge in [0, 0.05) is 0 Å². The summed E-state index contributed by atoms with van der Waals surface area (Å²) < 4.78 is 10.2. The van der Waals surface area contributed by atoms with Gasteiger partial charge in [-0.2, -0.15) is 0 Å². The molecule has 0 aromatic carbocycles. The van der Waals surface area contributed by atoms with Gasteiger partial charge in [0.2, 0.25) is 0 Å². The molecule has 1 rings (SSSR count). The molecule has 1 aromatic rings. The topological polar surface area (TPSA) is 19.1 Å². The van der Waals surface area contributed by atoms with Crippen molar-refractivity contribution < 1.29 is 4.74 Å². The zero-order chi connectivity index (χ0) is 8.27. The van der Waals surface area contributed by atoms with Gasteiger partial charge in [0.25, 0.3) is 0 Å². The standard InChI is InChI=1S/C7H12N2OSe/c1-8-3-4-9(7(8)11)5-6-10-2/h3-4H,5-6H2,1-2H3. The number of aromatic nitrogens is 2. The van der Waals surface area contributed by atoms with Gasteiger partial charge in [0.15, 0.2) is 0 Å². The Morgan fingerprint density at radius 3 is 2.73 bits per heavy atom. The number of aryl methyl sites for hydroxylation is 1. The molecule has 0 fully saturated rings. The molecule has 0 N–H and O–H groups in total. The normalized spacial score (nSPS) is 10.4. The maximum absolute atomic E-state index is 4.97. The molecule has 0 saturated heterocycles. The van der Waals surface area contributed by atoms with E-state index in [4.69, 9.17) is 4.74 Å². The van der Waals surface area contributed by atoms with Crippen molar-refractivity contribution in [2.45, 2.75) is 6.54 Å². The van der Waals surface area contributed by atoms with Crippen LogP contribution in [0.3, 0.4) is 0 Å². The van der Waals surface area contributed by atoms with Crippen LogP contribution in [0.1, 0.15) is 0 Å². The van der Waals surface area contributed by atoms with Gasteiger partial charge in [-0.25, -0.2) is 0 Å². The van der Waals surface area contributed by atoms with Crippen molar-refractivity contribution >= 4 is 15.6 Å². The van der Waals surface area contributed by atoms with Crippen molar-refractivity contribution in [2.75, 3.05) is 13.7 Å². The zero-order valence-electron chi connectivity index (χ0n) is 6.78. The van der Waals surface area contributed by atoms with E-state index in [9.17, 15) is 0 Å². The molecule has 0 atom stereocenters. The fraction of sp³-hybridized carbons (Fsp3) is 0.571. The van der Waals surface area contributed by atoms with Crippen molar-refractivity contribution in [3.63, 3.8) is 0 Å². The van der Waals surface area contributed by atoms with Crippen molar-refractivity contribution in [3.05, 3.63) is 16.7 Å². The summed E-state index contributed by atoms with van der Waals surface area (Å²) in [7, 11) is 3.72. The van der Waals surface area contributed by atoms with Gasteiger partial charge in [-0.05, 0) is 0 Å². The monoisotopic (exact) mass is 220 g/mol. The van der Waals surface area contributed by atoms with Gasteiger partial charge in [0.05, 0.1) is 0 Å². The Bertz CT molecular complexity index is 276. The van der Waals surface area contributed by atoms with Crippen LogP contribution in [0.15, 0.2) is 12.4 Å². The first-order chi connectivity index (χ1) is 5.25. The summed E-state index contributed by atoms with van der Waals surface area (Å²) in [6.07, 6.45) is 4.05. The minimum absolute atomic E-state index is 0.753. The van der Waals surface area contributed by atoms with E-state index in [1.165, 1.54) is 0 Å². The Labute approximate surface area is 74.0 Å². The summed E-state index contributed by atoms with van der Waals surface area (Å²) in [6, 6.07) is 0. The van der Waals surface area contributed by atoms with Crippen LogP contribution in [-0.2, 0) is 18.3 Å². The van der Waals surface area contributed by atoms with E-state index in [-0.39, 0.29) is 0 Å². The van der Waals surface area contributed by atoms with Crippen LogP contribution in [0.2, 0.25) is 0 Å². The molecular formula is C7H12N2OSe. The molecule has 11 heavy (non-hydrogen) atoms. The van der Waals surface area contributed by atoms with Crippen LogP contribution in [0.4, 0.5) is 0 Å². The number of ether oxygens (including phenoxy) is 1. The van der Waals surface area contributed by atoms with Crippen LogP contribution in [0, 0.1) is 4.32 Å². The molecule has 0 saturated carbocycles. The van der Waals surface area contributed by atoms with Crippen LogP contribution in [0.5, 0.6) is 0 Å². The summed E-state index contributed by atoms with van der Waals surface area (Å²) in [5, 5.41) is 0. The van der Waals surface area contributed by atoms with E-state index < -0.39 is 0 Å². The van der Waals surface area contributed by atoms with Gasteiger partial charge < -0.3 is 0 Å². The van der Waals surface area contributed by atoms with Gasteiger partial charge in [-0.15, -0.1) is 0 Å². The van der Waals surface area contributed by atoms with Gasteiger partial charge in [-0.1, -0.05) is 0 Å². The number of methoxy groups -OCH3 is 1. The van der Waals surface area contributed by atoms with Crippen LogP contribution < -0.4 is 0 Å². The fourth-order valence-electron chi connectivity index (χ4n) is 0.870. The van der Waals surface area contributed by atoms with Crippen molar-refractivity contribution in [1.82, 2.24) is 9.13 Å². The summed E-state index contributed by atoms with van der Waals surface area (Å²) in [6.45, 7) is 1.66. The number of rotatable bonds is 3. The first-order valence-corrected chi connectivity index (χ1v) is 4.32. The molecule has 1 aromatic heterocycles. The molecule has 0 aliphatic carbocycles. The number of hydrogen-bond donors (Lipinski definition) is 0. The number of nitrogens with zero attached hydrogens (tertiary/aromatic N) is 2. The molecule has 0 radical (unpaired) electrons. The molecule has 1 heterocycles. The molecule has 0 aliphatic rings. The van der Waals surface area contributed by atoms with E-state index in [2.05, 4.69) is 20.1 Å². The molecule has 0 spiro atoms. The molecule has 0 unspecified atom stereocenters. The number of imidazole rings is 1. The average molecular weight is 219 g/mol. The van der Waals surface area contributed by atoms with Gasteiger partial charge in [-0.3, -0.25) is 0 Å². The zero-order valence-corrected chi connectivity index (χ0v) is 8.49. The van der Waals surface area contributed by atoms with E-state index in [1.807, 2.05) is 24.0 Å². The summed E-state index contributed by atoms with van der Waals surface area (Å²) >= 11 is 3.00. The van der Waals surface area contributed by atoms with E-state index in [0.717, 1.165) is 17.5 Å². The van der Waals surface area contributed by atoms with Crippen molar-refractivity contribution in [3.8, 4) is 0 Å². The third-order valence-corrected chi connectivity index (χ3v) is 2.65. The van der Waals surface area contributed by atoms with E-state index >= 15 is 0 Å². The molecule has 62 valence electrons. The van der Waals surface area contributed by atoms with Crippen LogP contribution in [-0.4, -0.2) is 38.4 Å². The quantitative estimate of drug-likeness (QED) is 0.663. The Balaban J connectivity index is 2.71. The molecule has 3 nitrogen and oxygen atoms in total. The Morgan fingerprint density at radius 1 is 1.55 bits per heavy atom. The summed E-state index contributed by atoms with van der Waals surface area (Å²) in [5.41, 5.74) is 0. The predicted molar refractivity (Wildman–Crippen MR) is 44.3 cm³/mol. The first kappa shape index (κ1) is 8.78. The summed E-state index contributed by atoms with van der Waals surface area (Å²) in [4.78, 5) is 0. The van der Waals surface area contributed by atoms with Crippen LogP contribution >= 0.6 is 0 Å². The number of hydrogen-bond acceptors (Lipinski definition) is 1. The SMILES string of the molecule is COCCn1ccn(C)c1=[Se]. The first-order valence-electron chi connectivity index (χ1n) is 3.46. The second-order valence-electron chi connectivity index (χ2n) is 2.38. The third kappa shape index (κ3) is 2.06.